The highest BCUT2D eigenvalue weighted by atomic mass is 19.4. The summed E-state index contributed by atoms with van der Waals surface area (Å²) in [4.78, 5) is 0. The second-order valence-corrected chi connectivity index (χ2v) is 3.12. The van der Waals surface area contributed by atoms with Crippen LogP contribution in [0.1, 0.15) is 12.0 Å². The number of aryl methyl sites for hydroxylation is 1. The van der Waals surface area contributed by atoms with E-state index in [1.165, 1.54) is 0 Å². The van der Waals surface area contributed by atoms with Gasteiger partial charge in [-0.25, -0.2) is 4.39 Å². The number of hydrogen-bond donors (Lipinski definition) is 0. The number of alkyl halides is 3. The lowest BCUT2D eigenvalue weighted by Crippen LogP contribution is -2.02. The average molecular weight is 218 g/mol. The first kappa shape index (κ1) is 11.8. The fraction of sp³-hybridized carbons (Fsp3) is 0.273. The first-order valence-electron chi connectivity index (χ1n) is 4.45. The maximum Gasteiger partial charge on any atom is 0.412 e. The van der Waals surface area contributed by atoms with Crippen LogP contribution < -0.4 is 0 Å². The van der Waals surface area contributed by atoms with Gasteiger partial charge in [0.1, 0.15) is 5.83 Å². The van der Waals surface area contributed by atoms with Crippen LogP contribution in [0, 0.1) is 0 Å². The van der Waals surface area contributed by atoms with Gasteiger partial charge in [0, 0.05) is 6.42 Å². The number of benzene rings is 1. The highest BCUT2D eigenvalue weighted by molar-refractivity contribution is 5.15. The lowest BCUT2D eigenvalue weighted by atomic mass is 10.1. The minimum absolute atomic E-state index is 0.219. The van der Waals surface area contributed by atoms with Gasteiger partial charge in [-0.2, -0.15) is 13.2 Å². The Hall–Kier alpha value is -1.32. The summed E-state index contributed by atoms with van der Waals surface area (Å²) in [7, 11) is 0. The van der Waals surface area contributed by atoms with Crippen LogP contribution in [0.25, 0.3) is 0 Å². The van der Waals surface area contributed by atoms with Crippen LogP contribution in [0.5, 0.6) is 0 Å². The van der Waals surface area contributed by atoms with Crippen molar-refractivity contribution >= 4 is 0 Å². The second-order valence-electron chi connectivity index (χ2n) is 3.12. The fourth-order valence-electron chi connectivity index (χ4n) is 1.16. The smallest absolute Gasteiger partial charge is 0.212 e. The molecule has 0 unspecified atom stereocenters. The van der Waals surface area contributed by atoms with Crippen molar-refractivity contribution in [2.24, 2.45) is 0 Å². The largest absolute Gasteiger partial charge is 0.412 e. The van der Waals surface area contributed by atoms with Crippen LogP contribution in [-0.4, -0.2) is 6.18 Å². The molecule has 0 aliphatic heterocycles. The molecule has 0 heterocycles. The molecule has 1 aromatic rings. The molecular weight excluding hydrogens is 208 g/mol. The minimum Gasteiger partial charge on any atom is -0.212 e. The molecule has 1 rings (SSSR count). The van der Waals surface area contributed by atoms with Gasteiger partial charge in [-0.3, -0.25) is 0 Å². The van der Waals surface area contributed by atoms with E-state index in [9.17, 15) is 17.6 Å². The van der Waals surface area contributed by atoms with Gasteiger partial charge in [0.2, 0.25) is 0 Å². The highest BCUT2D eigenvalue weighted by Crippen LogP contribution is 2.21. The third-order valence-electron chi connectivity index (χ3n) is 1.82. The number of hydrogen-bond acceptors (Lipinski definition) is 0. The average Bonchev–Trinajstić information content (AvgIpc) is 2.14. The zero-order valence-corrected chi connectivity index (χ0v) is 7.89. The summed E-state index contributed by atoms with van der Waals surface area (Å²) in [6.45, 7) is 0. The van der Waals surface area contributed by atoms with Gasteiger partial charge in [0.25, 0.3) is 0 Å². The molecule has 0 amide bonds. The summed E-state index contributed by atoms with van der Waals surface area (Å²) in [6.07, 6.45) is -4.81. The molecule has 0 saturated heterocycles. The maximum absolute atomic E-state index is 12.7. The number of rotatable bonds is 3. The Morgan fingerprint density at radius 2 is 1.73 bits per heavy atom. The lowest BCUT2D eigenvalue weighted by Gasteiger charge is -2.01. The summed E-state index contributed by atoms with van der Waals surface area (Å²) in [5, 5.41) is 0. The molecule has 0 aromatic heterocycles. The van der Waals surface area contributed by atoms with Crippen molar-refractivity contribution in [2.75, 3.05) is 0 Å². The van der Waals surface area contributed by atoms with Crippen LogP contribution >= 0.6 is 0 Å². The molecule has 0 nitrogen and oxygen atoms in total. The van der Waals surface area contributed by atoms with Gasteiger partial charge >= 0.3 is 6.18 Å². The van der Waals surface area contributed by atoms with Crippen molar-refractivity contribution in [3.8, 4) is 0 Å². The zero-order chi connectivity index (χ0) is 11.3. The quantitative estimate of drug-likeness (QED) is 0.672. The van der Waals surface area contributed by atoms with Crippen LogP contribution in [0.4, 0.5) is 17.6 Å². The van der Waals surface area contributed by atoms with Gasteiger partial charge in [0.05, 0.1) is 6.08 Å². The van der Waals surface area contributed by atoms with Gasteiger partial charge in [0.15, 0.2) is 0 Å². The topological polar surface area (TPSA) is 0 Å². The zero-order valence-electron chi connectivity index (χ0n) is 7.89. The normalized spacial score (nSPS) is 12.9. The molecule has 4 heteroatoms. The van der Waals surface area contributed by atoms with Crippen LogP contribution in [0.15, 0.2) is 42.2 Å². The van der Waals surface area contributed by atoms with Gasteiger partial charge in [-0.15, -0.1) is 0 Å². The number of halogens is 4. The standard InChI is InChI=1S/C11H10F4/c12-10(8-11(13,14)15)7-6-9-4-2-1-3-5-9/h1-5,8H,6-7H2/b10-8-. The molecule has 0 bridgehead atoms. The van der Waals surface area contributed by atoms with Gasteiger partial charge in [-0.1, -0.05) is 30.3 Å². The fourth-order valence-corrected chi connectivity index (χ4v) is 1.16. The Morgan fingerprint density at radius 1 is 1.13 bits per heavy atom. The van der Waals surface area contributed by atoms with E-state index in [2.05, 4.69) is 0 Å². The molecular formula is C11H10F4. The molecule has 0 radical (unpaired) electrons. The molecule has 0 fully saturated rings. The summed E-state index contributed by atoms with van der Waals surface area (Å²) in [5.41, 5.74) is 0.822. The Bertz CT molecular complexity index is 324. The Balaban J connectivity index is 2.48. The first-order valence-corrected chi connectivity index (χ1v) is 4.45. The van der Waals surface area contributed by atoms with E-state index in [0.29, 0.717) is 0 Å². The van der Waals surface area contributed by atoms with Gasteiger partial charge in [-0.05, 0) is 12.0 Å². The Morgan fingerprint density at radius 3 is 2.27 bits per heavy atom. The molecule has 82 valence electrons. The third-order valence-corrected chi connectivity index (χ3v) is 1.82. The minimum atomic E-state index is -4.57. The molecule has 0 spiro atoms. The predicted molar refractivity (Wildman–Crippen MR) is 50.0 cm³/mol. The summed E-state index contributed by atoms with van der Waals surface area (Å²) in [5.74, 6) is -1.13. The van der Waals surface area contributed by atoms with E-state index in [1.54, 1.807) is 30.3 Å². The second kappa shape index (κ2) is 4.96. The molecule has 0 atom stereocenters. The summed E-state index contributed by atoms with van der Waals surface area (Å²) < 4.78 is 47.9. The van der Waals surface area contributed by atoms with Crippen molar-refractivity contribution in [3.63, 3.8) is 0 Å². The molecule has 15 heavy (non-hydrogen) atoms. The van der Waals surface area contributed by atoms with Crippen molar-refractivity contribution in [1.82, 2.24) is 0 Å². The van der Waals surface area contributed by atoms with Crippen molar-refractivity contribution < 1.29 is 17.6 Å². The first-order chi connectivity index (χ1) is 6.97. The highest BCUT2D eigenvalue weighted by Gasteiger charge is 2.24. The summed E-state index contributed by atoms with van der Waals surface area (Å²) in [6, 6.07) is 8.83. The Kier molecular flexibility index (Phi) is 3.88. The predicted octanol–water partition coefficient (Wildman–Crippen LogP) is 4.03. The van der Waals surface area contributed by atoms with E-state index in [1.807, 2.05) is 0 Å². The third kappa shape index (κ3) is 5.20. The van der Waals surface area contributed by atoms with E-state index < -0.39 is 12.0 Å². The van der Waals surface area contributed by atoms with Crippen molar-refractivity contribution in [1.29, 1.82) is 0 Å². The molecule has 0 N–H and O–H groups in total. The van der Waals surface area contributed by atoms with Crippen LogP contribution in [-0.2, 0) is 6.42 Å². The van der Waals surface area contributed by atoms with Crippen LogP contribution in [0.3, 0.4) is 0 Å². The van der Waals surface area contributed by atoms with Gasteiger partial charge < -0.3 is 0 Å². The van der Waals surface area contributed by atoms with Crippen molar-refractivity contribution in [2.45, 2.75) is 19.0 Å². The van der Waals surface area contributed by atoms with E-state index in [4.69, 9.17) is 0 Å². The SMILES string of the molecule is F/C(=C\C(F)(F)F)CCc1ccccc1. The molecule has 0 aliphatic carbocycles. The van der Waals surface area contributed by atoms with Crippen LogP contribution in [0.2, 0.25) is 0 Å². The van der Waals surface area contributed by atoms with E-state index in [-0.39, 0.29) is 18.9 Å². The maximum atomic E-state index is 12.7. The van der Waals surface area contributed by atoms with Crippen molar-refractivity contribution in [3.05, 3.63) is 47.8 Å². The van der Waals surface area contributed by atoms with E-state index >= 15 is 0 Å². The molecule has 1 aromatic carbocycles. The van der Waals surface area contributed by atoms with E-state index in [0.717, 1.165) is 5.56 Å². The molecule has 0 aliphatic rings. The monoisotopic (exact) mass is 218 g/mol. The summed E-state index contributed by atoms with van der Waals surface area (Å²) >= 11 is 0. The lowest BCUT2D eigenvalue weighted by molar-refractivity contribution is -0.0815. The molecule has 0 saturated carbocycles. The number of allylic oxidation sites excluding steroid dienone is 2. The Labute approximate surface area is 85.2 Å².